The van der Waals surface area contributed by atoms with Crippen molar-refractivity contribution in [3.8, 4) is 0 Å². The SMILES string of the molecule is [C-]#N.[N-]=C=O. The van der Waals surface area contributed by atoms with Gasteiger partial charge in [-0.3, -0.25) is 4.79 Å². The predicted octanol–water partition coefficient (Wildman–Crippen LogP) is -0.0120. The van der Waals surface area contributed by atoms with Gasteiger partial charge in [0, 0.05) is 0 Å². The Balaban J connectivity index is 0. The number of carbonyl (C=O) groups excluding carboxylic acids is 1. The molecule has 0 unspecified atom stereocenters. The molecule has 0 bridgehead atoms. The van der Waals surface area contributed by atoms with Gasteiger partial charge in [0.15, 0.2) is 0 Å². The molecule has 0 N–H and O–H groups in total. The molecule has 0 aliphatic rings. The standard InChI is InChI=1S/CNO.CN/c2-1-3;1-2/q2*-1. The van der Waals surface area contributed by atoms with Gasteiger partial charge in [-0.2, -0.15) is 0 Å². The van der Waals surface area contributed by atoms with Crippen molar-refractivity contribution < 1.29 is 4.79 Å². The summed E-state index contributed by atoms with van der Waals surface area (Å²) in [4.78, 5) is 8.24. The third-order valence-corrected chi connectivity index (χ3v) is 0. The normalized spacial score (nSPS) is 2.00. The first-order valence-corrected chi connectivity index (χ1v) is 0.651. The summed E-state index contributed by atoms with van der Waals surface area (Å²) in [6.45, 7) is 4.75. The molecule has 0 aromatic heterocycles. The van der Waals surface area contributed by atoms with E-state index in [4.69, 9.17) is 22.0 Å². The van der Waals surface area contributed by atoms with E-state index < -0.39 is 0 Å². The lowest BCUT2D eigenvalue weighted by Crippen LogP contribution is -1.13. The Morgan fingerprint density at radius 3 is 1.80 bits per heavy atom. The smallest absolute Gasteiger partial charge is 0.0159 e. The molecule has 5 heavy (non-hydrogen) atoms. The van der Waals surface area contributed by atoms with Crippen LogP contribution < -0.4 is 0 Å². The minimum absolute atomic E-state index is 0.500. The molecule has 0 aliphatic carbocycles. The van der Waals surface area contributed by atoms with E-state index >= 15 is 0 Å². The second-order valence-corrected chi connectivity index (χ2v) is 0.0913. The molecule has 0 saturated heterocycles. The van der Waals surface area contributed by atoms with Crippen LogP contribution in [0.15, 0.2) is 0 Å². The van der Waals surface area contributed by atoms with E-state index in [2.05, 4.69) is 0 Å². The van der Waals surface area contributed by atoms with Crippen molar-refractivity contribution in [1.29, 1.82) is 5.26 Å². The van der Waals surface area contributed by atoms with Gasteiger partial charge in [0.25, 0.3) is 0 Å². The molecule has 0 rings (SSSR count). The Hall–Kier alpha value is -1.13. The highest BCUT2D eigenvalue weighted by Gasteiger charge is 0.791. The highest BCUT2D eigenvalue weighted by atomic mass is 16.1. The van der Waals surface area contributed by atoms with Crippen LogP contribution in [0, 0.1) is 11.8 Å². The highest BCUT2D eigenvalue weighted by Crippen LogP contribution is 0.949. The van der Waals surface area contributed by atoms with Crippen LogP contribution in [0.5, 0.6) is 0 Å². The van der Waals surface area contributed by atoms with Crippen molar-refractivity contribution >= 4 is 6.08 Å². The average molecular weight is 68.0 g/mol. The van der Waals surface area contributed by atoms with Crippen LogP contribution >= 0.6 is 0 Å². The van der Waals surface area contributed by atoms with Crippen LogP contribution in [0.3, 0.4) is 0 Å². The number of isocyanates is 1. The summed E-state index contributed by atoms with van der Waals surface area (Å²) >= 11 is 0. The van der Waals surface area contributed by atoms with E-state index in [0.29, 0.717) is 6.08 Å². The minimum Gasteiger partial charge on any atom is -0.724 e. The number of hydrogen-bond donors (Lipinski definition) is 0. The molecule has 0 aromatic rings. The van der Waals surface area contributed by atoms with Gasteiger partial charge in [0.05, 0.1) is 0 Å². The monoisotopic (exact) mass is 68.0 g/mol. The summed E-state index contributed by atoms with van der Waals surface area (Å²) in [5, 5.41) is 13.0. The molecule has 3 nitrogen and oxygen atoms in total. The Labute approximate surface area is 29.3 Å². The van der Waals surface area contributed by atoms with Crippen molar-refractivity contribution in [2.24, 2.45) is 0 Å². The van der Waals surface area contributed by atoms with E-state index in [0.717, 1.165) is 0 Å². The van der Waals surface area contributed by atoms with E-state index in [1.165, 1.54) is 0 Å². The molecular formula is C2N2O-2. The predicted molar refractivity (Wildman–Crippen MR) is 14.0 cm³/mol. The molecule has 0 aliphatic heterocycles. The van der Waals surface area contributed by atoms with Gasteiger partial charge in [-0.15, -0.1) is 0 Å². The van der Waals surface area contributed by atoms with Crippen molar-refractivity contribution in [2.75, 3.05) is 0 Å². The molecule has 0 saturated carbocycles. The van der Waals surface area contributed by atoms with Crippen LogP contribution in [-0.2, 0) is 4.79 Å². The fourth-order valence-corrected chi connectivity index (χ4v) is 0. The van der Waals surface area contributed by atoms with Crippen molar-refractivity contribution in [2.45, 2.75) is 0 Å². The maximum atomic E-state index is 8.24. The van der Waals surface area contributed by atoms with Gasteiger partial charge in [0.2, 0.25) is 0 Å². The lowest BCUT2D eigenvalue weighted by Gasteiger charge is -1.32. The molecule has 26 valence electrons. The first kappa shape index (κ1) is 9.12. The maximum Gasteiger partial charge on any atom is -0.0159 e. The fraction of sp³-hybridized carbons (Fsp3) is 0. The summed E-state index contributed by atoms with van der Waals surface area (Å²) in [6.07, 6.45) is 0.500. The Morgan fingerprint density at radius 1 is 1.80 bits per heavy atom. The van der Waals surface area contributed by atoms with Gasteiger partial charge < -0.3 is 17.2 Å². The zero-order valence-electron chi connectivity index (χ0n) is 2.30. The fourth-order valence-electron chi connectivity index (χ4n) is 0. The van der Waals surface area contributed by atoms with Gasteiger partial charge >= 0.3 is 0 Å². The molecule has 0 spiro atoms. The topological polar surface area (TPSA) is 63.2 Å². The highest BCUT2D eigenvalue weighted by molar-refractivity contribution is 5.36. The van der Waals surface area contributed by atoms with Crippen LogP contribution in [0.4, 0.5) is 0 Å². The Kier molecular flexibility index (Phi) is 1080. The first-order valence-electron chi connectivity index (χ1n) is 0.651. The molecule has 3 heteroatoms. The van der Waals surface area contributed by atoms with Gasteiger partial charge in [-0.25, -0.2) is 0 Å². The van der Waals surface area contributed by atoms with Crippen molar-refractivity contribution in [3.05, 3.63) is 12.0 Å². The quantitative estimate of drug-likeness (QED) is 0.227. The third kappa shape index (κ3) is 1.70. The van der Waals surface area contributed by atoms with Crippen LogP contribution in [0.1, 0.15) is 0 Å². The molecule has 0 fully saturated rings. The van der Waals surface area contributed by atoms with Crippen LogP contribution in [-0.4, -0.2) is 6.08 Å². The lowest BCUT2D eigenvalue weighted by molar-refractivity contribution is 0.569. The Bertz CT molecular complexity index is 49.9. The maximum absolute atomic E-state index is 8.24. The summed E-state index contributed by atoms with van der Waals surface area (Å²) in [6, 6.07) is 0. The summed E-state index contributed by atoms with van der Waals surface area (Å²) in [5.41, 5.74) is 0. The zero-order chi connectivity index (χ0) is 4.71. The zero-order valence-corrected chi connectivity index (χ0v) is 2.30. The molecule has 0 heterocycles. The second kappa shape index (κ2) is 594. The van der Waals surface area contributed by atoms with Gasteiger partial charge in [0.1, 0.15) is 0 Å². The van der Waals surface area contributed by atoms with E-state index in [9.17, 15) is 0 Å². The lowest BCUT2D eigenvalue weighted by atomic mass is 11.7. The average Bonchev–Trinajstić information content (AvgIpc) is 1.46. The molecular weight excluding hydrogens is 68.0 g/mol. The molecule has 0 radical (unpaired) electrons. The van der Waals surface area contributed by atoms with Gasteiger partial charge in [-0.05, 0) is 6.08 Å². The van der Waals surface area contributed by atoms with Crippen LogP contribution in [0.2, 0.25) is 0 Å². The van der Waals surface area contributed by atoms with Crippen molar-refractivity contribution in [3.63, 3.8) is 0 Å². The second-order valence-electron chi connectivity index (χ2n) is 0.0913. The molecule has 0 amide bonds. The van der Waals surface area contributed by atoms with Crippen molar-refractivity contribution in [1.82, 2.24) is 0 Å². The van der Waals surface area contributed by atoms with Gasteiger partial charge in [-0.1, -0.05) is 0 Å². The van der Waals surface area contributed by atoms with E-state index in [1.54, 1.807) is 0 Å². The number of rotatable bonds is 0. The third-order valence-electron chi connectivity index (χ3n) is 0. The number of nitrogens with zero attached hydrogens (tertiary/aromatic N) is 2. The molecule has 0 atom stereocenters. The number of hydrogen-bond acceptors (Lipinski definition) is 2. The molecule has 0 aromatic carbocycles. The van der Waals surface area contributed by atoms with Crippen LogP contribution in [0.25, 0.3) is 5.41 Å². The largest absolute Gasteiger partial charge is 0.724 e. The summed E-state index contributed by atoms with van der Waals surface area (Å²) in [7, 11) is 0. The van der Waals surface area contributed by atoms with E-state index in [-0.39, 0.29) is 0 Å². The first-order chi connectivity index (χ1) is 2.41. The summed E-state index contributed by atoms with van der Waals surface area (Å²) in [5.74, 6) is 0. The minimum atomic E-state index is 0.500. The Morgan fingerprint density at radius 2 is 1.80 bits per heavy atom. The van der Waals surface area contributed by atoms with E-state index in [1.807, 2.05) is 0 Å². The summed E-state index contributed by atoms with van der Waals surface area (Å²) < 4.78 is 0.